The number of nitrogens with one attached hydrogen (secondary N) is 1. The molecule has 3 rings (SSSR count). The summed E-state index contributed by atoms with van der Waals surface area (Å²) in [5.74, 6) is -0.0219. The van der Waals surface area contributed by atoms with Crippen LogP contribution < -0.4 is 10.5 Å². The van der Waals surface area contributed by atoms with Gasteiger partial charge in [-0.3, -0.25) is 4.79 Å². The van der Waals surface area contributed by atoms with Crippen LogP contribution in [0.1, 0.15) is 46.0 Å². The molecule has 0 fully saturated rings. The first kappa shape index (κ1) is 21.9. The Labute approximate surface area is 176 Å². The Morgan fingerprint density at radius 1 is 1.38 bits per heavy atom. The summed E-state index contributed by atoms with van der Waals surface area (Å²) >= 11 is 1.37. The van der Waals surface area contributed by atoms with Gasteiger partial charge in [-0.25, -0.2) is 18.5 Å². The number of amides is 1. The van der Waals surface area contributed by atoms with E-state index in [2.05, 4.69) is 16.4 Å². The van der Waals surface area contributed by atoms with Crippen LogP contribution in [0.4, 0.5) is 0 Å². The minimum absolute atomic E-state index is 0.0219. The molecule has 0 bridgehead atoms. The average Bonchev–Trinajstić information content (AvgIpc) is 3.04. The van der Waals surface area contributed by atoms with Gasteiger partial charge in [0, 0.05) is 13.1 Å². The van der Waals surface area contributed by atoms with Crippen molar-refractivity contribution in [2.45, 2.75) is 67.8 Å². The number of imidazole rings is 1. The number of benzene rings is 1. The monoisotopic (exact) mass is 436 g/mol. The molecule has 1 unspecified atom stereocenters. The molecule has 158 valence electrons. The summed E-state index contributed by atoms with van der Waals surface area (Å²) in [6.45, 7) is 5.16. The standard InChI is InChI=1S/C20H28N4O3S2/c1-3-24-18-10-9-16(29(21,26)27)13-17(18)23-20(24)28-14(2)19(25)22-12-11-15-7-5-4-6-8-15/h7,9-10,13-14H,3-6,8,11-12H2,1-2H3,(H,22,25)(H2,21,26,27). The van der Waals surface area contributed by atoms with Crippen LogP contribution >= 0.6 is 11.8 Å². The molecule has 0 aliphatic heterocycles. The van der Waals surface area contributed by atoms with Gasteiger partial charge in [0.05, 0.1) is 21.2 Å². The van der Waals surface area contributed by atoms with E-state index in [0.717, 1.165) is 24.8 Å². The third-order valence-electron chi connectivity index (χ3n) is 5.11. The SMILES string of the molecule is CCn1c(SC(C)C(=O)NCCC2=CCCCC2)nc2cc(S(N)(=O)=O)ccc21. The van der Waals surface area contributed by atoms with E-state index in [-0.39, 0.29) is 16.1 Å². The molecular weight excluding hydrogens is 408 g/mol. The average molecular weight is 437 g/mol. The zero-order valence-electron chi connectivity index (χ0n) is 16.8. The number of thioether (sulfide) groups is 1. The highest BCUT2D eigenvalue weighted by Gasteiger charge is 2.20. The molecule has 1 amide bonds. The number of nitrogens with two attached hydrogens (primary N) is 1. The van der Waals surface area contributed by atoms with Crippen LogP contribution in [0.25, 0.3) is 11.0 Å². The maximum absolute atomic E-state index is 12.5. The number of primary sulfonamides is 1. The van der Waals surface area contributed by atoms with Crippen LogP contribution in [-0.4, -0.2) is 35.7 Å². The van der Waals surface area contributed by atoms with Gasteiger partial charge < -0.3 is 9.88 Å². The second-order valence-electron chi connectivity index (χ2n) is 7.24. The highest BCUT2D eigenvalue weighted by molar-refractivity contribution is 8.00. The molecule has 0 spiro atoms. The third-order valence-corrected chi connectivity index (χ3v) is 7.11. The number of aryl methyl sites for hydroxylation is 1. The third kappa shape index (κ3) is 5.40. The molecule has 3 N–H and O–H groups in total. The van der Waals surface area contributed by atoms with Crippen LogP contribution in [0, 0.1) is 0 Å². The molecule has 7 nitrogen and oxygen atoms in total. The number of allylic oxidation sites excluding steroid dienone is 1. The number of fused-ring (bicyclic) bond motifs is 1. The van der Waals surface area contributed by atoms with E-state index < -0.39 is 10.0 Å². The number of aromatic nitrogens is 2. The Morgan fingerprint density at radius 2 is 2.17 bits per heavy atom. The Hall–Kier alpha value is -1.84. The van der Waals surface area contributed by atoms with E-state index in [1.54, 1.807) is 6.07 Å². The maximum atomic E-state index is 12.5. The van der Waals surface area contributed by atoms with Crippen molar-refractivity contribution in [2.24, 2.45) is 5.14 Å². The van der Waals surface area contributed by atoms with Gasteiger partial charge in [-0.15, -0.1) is 0 Å². The molecule has 1 aliphatic carbocycles. The molecule has 1 atom stereocenters. The van der Waals surface area contributed by atoms with E-state index in [9.17, 15) is 13.2 Å². The lowest BCUT2D eigenvalue weighted by atomic mass is 9.97. The van der Waals surface area contributed by atoms with Gasteiger partial charge >= 0.3 is 0 Å². The summed E-state index contributed by atoms with van der Waals surface area (Å²) in [7, 11) is -3.79. The fraction of sp³-hybridized carbons (Fsp3) is 0.500. The lowest BCUT2D eigenvalue weighted by Crippen LogP contribution is -2.32. The van der Waals surface area contributed by atoms with Crippen molar-refractivity contribution in [2.75, 3.05) is 6.54 Å². The summed E-state index contributed by atoms with van der Waals surface area (Å²) in [5.41, 5.74) is 2.81. The van der Waals surface area contributed by atoms with Gasteiger partial charge in [-0.1, -0.05) is 23.4 Å². The first-order chi connectivity index (χ1) is 13.8. The predicted octanol–water partition coefficient (Wildman–Crippen LogP) is 3.19. The maximum Gasteiger partial charge on any atom is 0.238 e. The van der Waals surface area contributed by atoms with Crippen LogP contribution in [-0.2, 0) is 21.4 Å². The van der Waals surface area contributed by atoms with Crippen molar-refractivity contribution in [3.8, 4) is 0 Å². The smallest absolute Gasteiger partial charge is 0.238 e. The van der Waals surface area contributed by atoms with E-state index in [1.165, 1.54) is 42.3 Å². The number of hydrogen-bond donors (Lipinski definition) is 2. The zero-order chi connectivity index (χ0) is 21.0. The molecular formula is C20H28N4O3S2. The fourth-order valence-electron chi connectivity index (χ4n) is 3.49. The van der Waals surface area contributed by atoms with E-state index >= 15 is 0 Å². The van der Waals surface area contributed by atoms with Crippen molar-refractivity contribution in [3.63, 3.8) is 0 Å². The molecule has 1 aromatic heterocycles. The van der Waals surface area contributed by atoms with Gasteiger partial charge in [0.2, 0.25) is 15.9 Å². The number of carbonyl (C=O) groups is 1. The number of carbonyl (C=O) groups excluding carboxylic acids is 1. The molecule has 9 heteroatoms. The summed E-state index contributed by atoms with van der Waals surface area (Å²) in [5, 5.41) is 8.61. The Bertz CT molecular complexity index is 1030. The molecule has 1 aromatic carbocycles. The molecule has 0 saturated heterocycles. The minimum atomic E-state index is -3.79. The second kappa shape index (κ2) is 9.32. The number of hydrogen-bond acceptors (Lipinski definition) is 5. The Balaban J connectivity index is 1.67. The predicted molar refractivity (Wildman–Crippen MR) is 116 cm³/mol. The molecule has 2 aromatic rings. The number of nitrogens with zero attached hydrogens (tertiary/aromatic N) is 2. The van der Waals surface area contributed by atoms with Gasteiger partial charge in [0.15, 0.2) is 5.16 Å². The number of rotatable bonds is 8. The fourth-order valence-corrected chi connectivity index (χ4v) is 5.04. The highest BCUT2D eigenvalue weighted by atomic mass is 32.2. The van der Waals surface area contributed by atoms with Gasteiger partial charge in [0.25, 0.3) is 0 Å². The van der Waals surface area contributed by atoms with E-state index in [0.29, 0.717) is 23.8 Å². The van der Waals surface area contributed by atoms with E-state index in [1.807, 2.05) is 18.4 Å². The summed E-state index contributed by atoms with van der Waals surface area (Å²) in [6.07, 6.45) is 8.00. The Morgan fingerprint density at radius 3 is 2.83 bits per heavy atom. The van der Waals surface area contributed by atoms with E-state index in [4.69, 9.17) is 5.14 Å². The summed E-state index contributed by atoms with van der Waals surface area (Å²) in [6, 6.07) is 4.66. The lowest BCUT2D eigenvalue weighted by molar-refractivity contribution is -0.120. The van der Waals surface area contributed by atoms with Crippen LogP contribution in [0.5, 0.6) is 0 Å². The second-order valence-corrected chi connectivity index (χ2v) is 10.1. The first-order valence-corrected chi connectivity index (χ1v) is 12.4. The van der Waals surface area contributed by atoms with Gasteiger partial charge in [-0.05, 0) is 64.2 Å². The zero-order valence-corrected chi connectivity index (χ0v) is 18.5. The topological polar surface area (TPSA) is 107 Å². The first-order valence-electron chi connectivity index (χ1n) is 9.95. The highest BCUT2D eigenvalue weighted by Crippen LogP contribution is 2.28. The Kier molecular flexibility index (Phi) is 7.02. The molecule has 1 heterocycles. The van der Waals surface area contributed by atoms with Crippen molar-refractivity contribution in [1.82, 2.24) is 14.9 Å². The van der Waals surface area contributed by atoms with Crippen molar-refractivity contribution < 1.29 is 13.2 Å². The normalized spacial score (nSPS) is 15.9. The summed E-state index contributed by atoms with van der Waals surface area (Å²) in [4.78, 5) is 17.1. The molecule has 1 aliphatic rings. The van der Waals surface area contributed by atoms with Gasteiger partial charge in [-0.2, -0.15) is 0 Å². The minimum Gasteiger partial charge on any atom is -0.355 e. The number of sulfonamides is 1. The van der Waals surface area contributed by atoms with Crippen molar-refractivity contribution in [1.29, 1.82) is 0 Å². The van der Waals surface area contributed by atoms with Gasteiger partial charge in [0.1, 0.15) is 0 Å². The van der Waals surface area contributed by atoms with Crippen LogP contribution in [0.3, 0.4) is 0 Å². The summed E-state index contributed by atoms with van der Waals surface area (Å²) < 4.78 is 25.2. The lowest BCUT2D eigenvalue weighted by Gasteiger charge is -2.15. The van der Waals surface area contributed by atoms with Crippen molar-refractivity contribution in [3.05, 3.63) is 29.8 Å². The van der Waals surface area contributed by atoms with Crippen LogP contribution in [0.2, 0.25) is 0 Å². The van der Waals surface area contributed by atoms with Crippen LogP contribution in [0.15, 0.2) is 39.9 Å². The molecule has 29 heavy (non-hydrogen) atoms. The molecule has 0 saturated carbocycles. The van der Waals surface area contributed by atoms with Crippen molar-refractivity contribution >= 4 is 38.7 Å². The quantitative estimate of drug-likeness (QED) is 0.488. The largest absolute Gasteiger partial charge is 0.355 e. The molecule has 0 radical (unpaired) electrons.